The van der Waals surface area contributed by atoms with Gasteiger partial charge in [0, 0.05) is 11.3 Å². The highest BCUT2D eigenvalue weighted by Crippen LogP contribution is 2.56. The van der Waals surface area contributed by atoms with Gasteiger partial charge < -0.3 is 15.0 Å². The number of imidazole rings is 1. The molecular weight excluding hydrogens is 450 g/mol. The van der Waals surface area contributed by atoms with Crippen LogP contribution < -0.4 is 5.32 Å². The summed E-state index contributed by atoms with van der Waals surface area (Å²) in [7, 11) is 0. The average molecular weight is 484 g/mol. The predicted octanol–water partition coefficient (Wildman–Crippen LogP) is 6.01. The molecule has 2 bridgehead atoms. The van der Waals surface area contributed by atoms with Crippen LogP contribution >= 0.6 is 0 Å². The summed E-state index contributed by atoms with van der Waals surface area (Å²) in [4.78, 5) is 19.7. The number of carbonyl (C=O) groups excluding carboxylic acids is 1. The lowest BCUT2D eigenvalue weighted by Crippen LogP contribution is -2.48. The van der Waals surface area contributed by atoms with Crippen molar-refractivity contribution in [3.05, 3.63) is 53.1 Å². The van der Waals surface area contributed by atoms with Crippen LogP contribution in [0.4, 0.5) is 5.69 Å². The lowest BCUT2D eigenvalue weighted by molar-refractivity contribution is -0.138. The Bertz CT molecular complexity index is 1320. The highest BCUT2D eigenvalue weighted by molar-refractivity contribution is 6.03. The van der Waals surface area contributed by atoms with E-state index in [1.165, 1.54) is 11.8 Å². The Balaban J connectivity index is 1.55. The van der Waals surface area contributed by atoms with Gasteiger partial charge in [-0.15, -0.1) is 0 Å². The van der Waals surface area contributed by atoms with Crippen LogP contribution in [-0.2, 0) is 10.2 Å². The van der Waals surface area contributed by atoms with E-state index in [2.05, 4.69) is 61.2 Å². The lowest BCUT2D eigenvalue weighted by atomic mass is 9.67. The van der Waals surface area contributed by atoms with Gasteiger partial charge in [-0.1, -0.05) is 26.0 Å². The number of anilines is 1. The quantitative estimate of drug-likeness (QED) is 0.553. The van der Waals surface area contributed by atoms with Crippen LogP contribution in [0.25, 0.3) is 5.57 Å². The van der Waals surface area contributed by atoms with Crippen molar-refractivity contribution in [3.8, 4) is 12.1 Å². The maximum Gasteiger partial charge on any atom is 0.291 e. The Morgan fingerprint density at radius 2 is 1.83 bits per heavy atom. The maximum atomic E-state index is 13.0. The van der Waals surface area contributed by atoms with E-state index in [1.807, 2.05) is 18.2 Å². The third-order valence-corrected chi connectivity index (χ3v) is 8.29. The van der Waals surface area contributed by atoms with Crippen molar-refractivity contribution in [3.63, 3.8) is 0 Å². The van der Waals surface area contributed by atoms with E-state index in [0.29, 0.717) is 18.5 Å². The van der Waals surface area contributed by atoms with Crippen molar-refractivity contribution in [2.75, 3.05) is 5.32 Å². The molecule has 1 aromatic heterocycles. The highest BCUT2D eigenvalue weighted by Gasteiger charge is 2.57. The molecule has 0 unspecified atom stereocenters. The number of ether oxygens (including phenoxy) is 1. The molecule has 5 rings (SSSR count). The van der Waals surface area contributed by atoms with E-state index in [0.717, 1.165) is 43.2 Å². The molecule has 2 saturated heterocycles. The number of rotatable bonds is 4. The Morgan fingerprint density at radius 1 is 1.11 bits per heavy atom. The molecule has 0 saturated carbocycles. The van der Waals surface area contributed by atoms with Crippen molar-refractivity contribution >= 4 is 17.2 Å². The minimum atomic E-state index is -0.646. The summed E-state index contributed by atoms with van der Waals surface area (Å²) >= 11 is 0. The second kappa shape index (κ2) is 8.32. The molecule has 0 spiro atoms. The average Bonchev–Trinajstić information content (AvgIpc) is 3.41. The van der Waals surface area contributed by atoms with Gasteiger partial charge in [-0.2, -0.15) is 10.5 Å². The largest absolute Gasteiger partial charge is 0.369 e. The van der Waals surface area contributed by atoms with Gasteiger partial charge in [-0.05, 0) is 87.5 Å². The number of hydrogen-bond donors (Lipinski definition) is 2. The molecule has 36 heavy (non-hydrogen) atoms. The number of aromatic nitrogens is 2. The standard InChI is InChI=1S/C29H33N5O2/c1-26(2)9-7-19(8-10-26)22-13-20(29(18-31)16-27(3)11-12-28(4,17-29)36-27)5-6-23(22)34-25(35)24-32-15-21(14-30)33-24/h5-7,13,15H,8-12,16-17H2,1-4H3,(H,32,33)(H,34,35)/t27-,28-/m0/s1. The summed E-state index contributed by atoms with van der Waals surface area (Å²) in [5.74, 6) is -0.308. The number of nitrogens with one attached hydrogen (secondary N) is 2. The molecule has 7 heteroatoms. The van der Waals surface area contributed by atoms with Gasteiger partial charge in [-0.3, -0.25) is 4.79 Å². The van der Waals surface area contributed by atoms with Crippen LogP contribution in [0.1, 0.15) is 100 Å². The first kappa shape index (κ1) is 24.3. The van der Waals surface area contributed by atoms with Crippen LogP contribution in [0.15, 0.2) is 30.5 Å². The fraction of sp³-hybridized carbons (Fsp3) is 0.517. The second-order valence-electron chi connectivity index (χ2n) is 12.1. The molecule has 0 radical (unpaired) electrons. The van der Waals surface area contributed by atoms with Gasteiger partial charge in [0.1, 0.15) is 11.8 Å². The van der Waals surface area contributed by atoms with E-state index in [-0.39, 0.29) is 28.1 Å². The number of benzene rings is 1. The van der Waals surface area contributed by atoms with Gasteiger partial charge in [0.05, 0.1) is 28.9 Å². The summed E-state index contributed by atoms with van der Waals surface area (Å²) in [5.41, 5.74) is 3.03. The first-order valence-electron chi connectivity index (χ1n) is 12.7. The highest BCUT2D eigenvalue weighted by atomic mass is 16.5. The van der Waals surface area contributed by atoms with E-state index < -0.39 is 11.3 Å². The number of nitrogens with zero attached hydrogens (tertiary/aromatic N) is 3. The van der Waals surface area contributed by atoms with Gasteiger partial charge in [0.25, 0.3) is 5.91 Å². The zero-order chi connectivity index (χ0) is 25.8. The molecule has 1 aliphatic carbocycles. The molecule has 1 amide bonds. The van der Waals surface area contributed by atoms with Gasteiger partial charge in [-0.25, -0.2) is 4.98 Å². The van der Waals surface area contributed by atoms with E-state index >= 15 is 0 Å². The van der Waals surface area contributed by atoms with Crippen molar-refractivity contribution in [1.82, 2.24) is 9.97 Å². The van der Waals surface area contributed by atoms with Crippen LogP contribution in [0.3, 0.4) is 0 Å². The van der Waals surface area contributed by atoms with Gasteiger partial charge in [0.2, 0.25) is 0 Å². The zero-order valence-electron chi connectivity index (χ0n) is 21.5. The Morgan fingerprint density at radius 3 is 2.42 bits per heavy atom. The number of amides is 1. The monoisotopic (exact) mass is 483 g/mol. The predicted molar refractivity (Wildman–Crippen MR) is 137 cm³/mol. The minimum absolute atomic E-state index is 0.0932. The fourth-order valence-electron chi connectivity index (χ4n) is 6.37. The van der Waals surface area contributed by atoms with E-state index in [4.69, 9.17) is 10.00 Å². The number of hydrogen-bond acceptors (Lipinski definition) is 5. The zero-order valence-corrected chi connectivity index (χ0v) is 21.5. The molecule has 2 atom stereocenters. The van der Waals surface area contributed by atoms with Gasteiger partial charge in [0.15, 0.2) is 5.82 Å². The molecular formula is C29H33N5O2. The maximum absolute atomic E-state index is 13.0. The lowest BCUT2D eigenvalue weighted by Gasteiger charge is -2.45. The smallest absolute Gasteiger partial charge is 0.291 e. The number of nitriles is 2. The molecule has 7 nitrogen and oxygen atoms in total. The molecule has 1 aromatic carbocycles. The molecule has 3 heterocycles. The topological polar surface area (TPSA) is 115 Å². The van der Waals surface area contributed by atoms with Crippen molar-refractivity contribution in [1.29, 1.82) is 10.5 Å². The minimum Gasteiger partial charge on any atom is -0.369 e. The Labute approximate surface area is 212 Å². The van der Waals surface area contributed by atoms with Crippen molar-refractivity contribution in [2.45, 2.75) is 89.3 Å². The van der Waals surface area contributed by atoms with Gasteiger partial charge >= 0.3 is 0 Å². The van der Waals surface area contributed by atoms with Crippen molar-refractivity contribution in [2.24, 2.45) is 5.41 Å². The Kier molecular flexibility index (Phi) is 5.61. The van der Waals surface area contributed by atoms with E-state index in [9.17, 15) is 10.1 Å². The van der Waals surface area contributed by atoms with E-state index in [1.54, 1.807) is 0 Å². The van der Waals surface area contributed by atoms with Crippen LogP contribution in [0.2, 0.25) is 0 Å². The molecule has 2 N–H and O–H groups in total. The van der Waals surface area contributed by atoms with Crippen LogP contribution in [0, 0.1) is 28.1 Å². The molecule has 3 aliphatic rings. The van der Waals surface area contributed by atoms with Crippen LogP contribution in [-0.4, -0.2) is 27.1 Å². The fourth-order valence-corrected chi connectivity index (χ4v) is 6.37. The van der Waals surface area contributed by atoms with Crippen molar-refractivity contribution < 1.29 is 9.53 Å². The number of H-pyrrole nitrogens is 1. The number of allylic oxidation sites excluding steroid dienone is 2. The summed E-state index contributed by atoms with van der Waals surface area (Å²) < 4.78 is 6.40. The Hall–Kier alpha value is -3.42. The van der Waals surface area contributed by atoms with Crippen LogP contribution in [0.5, 0.6) is 0 Å². The number of aromatic amines is 1. The first-order chi connectivity index (χ1) is 17.0. The summed E-state index contributed by atoms with van der Waals surface area (Å²) in [6.07, 6.45) is 9.76. The summed E-state index contributed by atoms with van der Waals surface area (Å²) in [6, 6.07) is 10.7. The molecule has 2 aliphatic heterocycles. The molecule has 2 fully saturated rings. The number of carbonyl (C=O) groups is 1. The third-order valence-electron chi connectivity index (χ3n) is 8.29. The molecule has 2 aromatic rings. The number of fused-ring (bicyclic) bond motifs is 2. The molecule has 186 valence electrons. The summed E-state index contributed by atoms with van der Waals surface area (Å²) in [5, 5.41) is 22.6. The first-order valence-corrected chi connectivity index (χ1v) is 12.7. The normalized spacial score (nSPS) is 30.7. The third kappa shape index (κ3) is 4.33. The SMILES string of the molecule is CC1(C)CC=C(c2cc(C3(C#N)C[C@]4(C)CC[C@@](C)(C3)O4)ccc2NC(=O)c2ncc(C#N)[nH]2)CC1. The second-order valence-corrected chi connectivity index (χ2v) is 12.1. The summed E-state index contributed by atoms with van der Waals surface area (Å²) in [6.45, 7) is 8.80.